The zero-order valence-corrected chi connectivity index (χ0v) is 12.1. The van der Waals surface area contributed by atoms with Crippen molar-refractivity contribution in [1.82, 2.24) is 5.32 Å². The van der Waals surface area contributed by atoms with Gasteiger partial charge in [0, 0.05) is 20.8 Å². The molecule has 0 spiro atoms. The average Bonchev–Trinajstić information content (AvgIpc) is 2.78. The number of hydrogen-bond acceptors (Lipinski definition) is 2. The van der Waals surface area contributed by atoms with Crippen LogP contribution in [0.4, 0.5) is 8.78 Å². The largest absolute Gasteiger partial charge is 0.312 e. The molecule has 5 heteroatoms. The summed E-state index contributed by atoms with van der Waals surface area (Å²) in [4.78, 5) is 1.09. The first-order valence-electron chi connectivity index (χ1n) is 5.46. The number of thiophene rings is 1. The number of nitrogens with one attached hydrogen (secondary N) is 1. The molecule has 1 nitrogen and oxygen atoms in total. The van der Waals surface area contributed by atoms with Crippen molar-refractivity contribution in [3.8, 4) is 0 Å². The maximum absolute atomic E-state index is 13.6. The normalized spacial score (nSPS) is 12.7. The lowest BCUT2D eigenvalue weighted by Crippen LogP contribution is -2.18. The van der Waals surface area contributed by atoms with Crippen LogP contribution in [0.1, 0.15) is 16.5 Å². The van der Waals surface area contributed by atoms with Gasteiger partial charge in [0.25, 0.3) is 0 Å². The van der Waals surface area contributed by atoms with E-state index < -0.39 is 11.6 Å². The average molecular weight is 332 g/mol. The molecular formula is C13H12BrF2NS. The van der Waals surface area contributed by atoms with E-state index in [0.717, 1.165) is 15.4 Å². The first-order valence-corrected chi connectivity index (χ1v) is 7.13. The van der Waals surface area contributed by atoms with E-state index in [2.05, 4.69) is 21.2 Å². The van der Waals surface area contributed by atoms with Gasteiger partial charge < -0.3 is 5.32 Å². The molecule has 0 bridgehead atoms. The molecule has 1 unspecified atom stereocenters. The Morgan fingerprint density at radius 1 is 1.39 bits per heavy atom. The Balaban J connectivity index is 2.23. The van der Waals surface area contributed by atoms with Crippen molar-refractivity contribution in [2.45, 2.75) is 12.5 Å². The minimum atomic E-state index is -0.797. The molecule has 1 atom stereocenters. The Kier molecular flexibility index (Phi) is 4.48. The lowest BCUT2D eigenvalue weighted by Gasteiger charge is -2.15. The van der Waals surface area contributed by atoms with Gasteiger partial charge in [0.2, 0.25) is 0 Å². The first kappa shape index (κ1) is 13.6. The summed E-state index contributed by atoms with van der Waals surface area (Å²) < 4.78 is 27.8. The molecule has 1 N–H and O–H groups in total. The first-order chi connectivity index (χ1) is 8.61. The Morgan fingerprint density at radius 3 is 2.78 bits per heavy atom. The molecule has 1 aromatic carbocycles. The predicted molar refractivity (Wildman–Crippen MR) is 73.9 cm³/mol. The highest BCUT2D eigenvalue weighted by atomic mass is 79.9. The smallest absolute Gasteiger partial charge is 0.162 e. The van der Waals surface area contributed by atoms with Crippen molar-refractivity contribution < 1.29 is 8.78 Å². The van der Waals surface area contributed by atoms with E-state index in [1.165, 1.54) is 6.07 Å². The van der Waals surface area contributed by atoms with Crippen LogP contribution in [0.2, 0.25) is 0 Å². The van der Waals surface area contributed by atoms with Crippen LogP contribution in [0, 0.1) is 11.6 Å². The summed E-state index contributed by atoms with van der Waals surface area (Å²) in [6.45, 7) is 0. The summed E-state index contributed by atoms with van der Waals surface area (Å²) in [5, 5.41) is 5.10. The SMILES string of the molecule is CNC(Cc1cccc(F)c1F)c1cc(Br)cs1. The molecule has 0 fully saturated rings. The van der Waals surface area contributed by atoms with Gasteiger partial charge in [-0.15, -0.1) is 11.3 Å². The number of rotatable bonds is 4. The lowest BCUT2D eigenvalue weighted by molar-refractivity contribution is 0.488. The Hall–Kier alpha value is -0.780. The van der Waals surface area contributed by atoms with Crippen molar-refractivity contribution in [2.24, 2.45) is 0 Å². The van der Waals surface area contributed by atoms with E-state index in [1.807, 2.05) is 18.5 Å². The van der Waals surface area contributed by atoms with Gasteiger partial charge >= 0.3 is 0 Å². The fourth-order valence-electron chi connectivity index (χ4n) is 1.78. The molecule has 1 heterocycles. The molecule has 0 amide bonds. The number of halogens is 3. The summed E-state index contributed by atoms with van der Waals surface area (Å²) in [5.74, 6) is -1.55. The zero-order valence-electron chi connectivity index (χ0n) is 9.71. The lowest BCUT2D eigenvalue weighted by atomic mass is 10.0. The van der Waals surface area contributed by atoms with Gasteiger partial charge in [-0.25, -0.2) is 8.78 Å². The third kappa shape index (κ3) is 2.96. The third-order valence-corrected chi connectivity index (χ3v) is 4.54. The summed E-state index contributed by atoms with van der Waals surface area (Å²) >= 11 is 4.98. The predicted octanol–water partition coefficient (Wildman–Crippen LogP) is 4.29. The molecule has 2 aromatic rings. The molecule has 0 aliphatic heterocycles. The molecule has 1 aromatic heterocycles. The molecule has 0 saturated carbocycles. The van der Waals surface area contributed by atoms with Gasteiger partial charge in [-0.1, -0.05) is 12.1 Å². The summed E-state index contributed by atoms with van der Waals surface area (Å²) in [5.41, 5.74) is 0.388. The van der Waals surface area contributed by atoms with Crippen molar-refractivity contribution in [1.29, 1.82) is 0 Å². The Labute approximate surface area is 117 Å². The second-order valence-electron chi connectivity index (χ2n) is 3.93. The molecule has 0 saturated heterocycles. The third-order valence-electron chi connectivity index (χ3n) is 2.74. The van der Waals surface area contributed by atoms with Gasteiger partial charge in [0.05, 0.1) is 0 Å². The highest BCUT2D eigenvalue weighted by Gasteiger charge is 2.16. The van der Waals surface area contributed by atoms with Crippen LogP contribution in [-0.4, -0.2) is 7.05 Å². The van der Waals surface area contributed by atoms with Gasteiger partial charge in [-0.2, -0.15) is 0 Å². The monoisotopic (exact) mass is 331 g/mol. The van der Waals surface area contributed by atoms with E-state index in [4.69, 9.17) is 0 Å². The minimum Gasteiger partial charge on any atom is -0.312 e. The number of benzene rings is 1. The molecule has 0 radical (unpaired) electrons. The molecule has 96 valence electrons. The van der Waals surface area contributed by atoms with Crippen LogP contribution < -0.4 is 5.32 Å². The maximum Gasteiger partial charge on any atom is 0.162 e. The fourth-order valence-corrected chi connectivity index (χ4v) is 3.34. The van der Waals surface area contributed by atoms with Crippen LogP contribution in [0.15, 0.2) is 34.1 Å². The van der Waals surface area contributed by atoms with E-state index in [0.29, 0.717) is 12.0 Å². The number of hydrogen-bond donors (Lipinski definition) is 1. The second kappa shape index (κ2) is 5.91. The number of likely N-dealkylation sites (N-methyl/N-ethyl adjacent to an activating group) is 1. The van der Waals surface area contributed by atoms with Crippen molar-refractivity contribution in [2.75, 3.05) is 7.05 Å². The summed E-state index contributed by atoms with van der Waals surface area (Å²) in [7, 11) is 1.81. The van der Waals surface area contributed by atoms with E-state index >= 15 is 0 Å². The molecule has 0 aliphatic carbocycles. The topological polar surface area (TPSA) is 12.0 Å². The molecule has 2 rings (SSSR count). The van der Waals surface area contributed by atoms with Crippen molar-refractivity contribution >= 4 is 27.3 Å². The standard InChI is InChI=1S/C13H12BrF2NS/c1-17-11(12-6-9(14)7-18-12)5-8-3-2-4-10(15)13(8)16/h2-4,6-7,11,17H,5H2,1H3. The Morgan fingerprint density at radius 2 is 2.17 bits per heavy atom. The fraction of sp³-hybridized carbons (Fsp3) is 0.231. The van der Waals surface area contributed by atoms with Gasteiger partial charge in [-0.05, 0) is 47.1 Å². The van der Waals surface area contributed by atoms with Gasteiger partial charge in [0.15, 0.2) is 11.6 Å². The van der Waals surface area contributed by atoms with E-state index in [-0.39, 0.29) is 6.04 Å². The van der Waals surface area contributed by atoms with E-state index in [1.54, 1.807) is 17.4 Å². The zero-order chi connectivity index (χ0) is 13.1. The molecule has 0 aliphatic rings. The Bertz CT molecular complexity index is 542. The maximum atomic E-state index is 13.6. The van der Waals surface area contributed by atoms with Crippen LogP contribution in [0.25, 0.3) is 0 Å². The van der Waals surface area contributed by atoms with Crippen LogP contribution in [-0.2, 0) is 6.42 Å². The van der Waals surface area contributed by atoms with E-state index in [9.17, 15) is 8.78 Å². The van der Waals surface area contributed by atoms with Crippen LogP contribution >= 0.6 is 27.3 Å². The van der Waals surface area contributed by atoms with Crippen molar-refractivity contribution in [3.05, 3.63) is 56.2 Å². The van der Waals surface area contributed by atoms with Crippen molar-refractivity contribution in [3.63, 3.8) is 0 Å². The summed E-state index contributed by atoms with van der Waals surface area (Å²) in [6.07, 6.45) is 0.424. The second-order valence-corrected chi connectivity index (χ2v) is 5.78. The summed E-state index contributed by atoms with van der Waals surface area (Å²) in [6, 6.07) is 6.26. The van der Waals surface area contributed by atoms with Crippen LogP contribution in [0.3, 0.4) is 0 Å². The molecular weight excluding hydrogens is 320 g/mol. The van der Waals surface area contributed by atoms with Crippen LogP contribution in [0.5, 0.6) is 0 Å². The van der Waals surface area contributed by atoms with Gasteiger partial charge in [0.1, 0.15) is 0 Å². The minimum absolute atomic E-state index is 0.0161. The highest BCUT2D eigenvalue weighted by molar-refractivity contribution is 9.10. The molecule has 18 heavy (non-hydrogen) atoms. The quantitative estimate of drug-likeness (QED) is 0.881. The highest BCUT2D eigenvalue weighted by Crippen LogP contribution is 2.28. The van der Waals surface area contributed by atoms with Gasteiger partial charge in [-0.3, -0.25) is 0 Å².